The molecule has 0 fully saturated rings. The number of anilines is 3. The third kappa shape index (κ3) is 3.96. The number of fused-ring (bicyclic) bond motifs is 1. The van der Waals surface area contributed by atoms with E-state index >= 15 is 0 Å². The standard InChI is InChI=1S/C40H29NO2/c1-24-13-17-29(18-14-24)41(30-19-15-25(2)16-20-30)36-23-27-8-5-11-31-28(21-26-7-6-12-34(36)38(26)37(27)31)22-35-39(42)32-9-3-4-10-33(32)40(35)43/h3-4,6-10,12-23H,5,11H2,1-2H3. The van der Waals surface area contributed by atoms with Crippen LogP contribution in [-0.4, -0.2) is 11.6 Å². The van der Waals surface area contributed by atoms with E-state index in [1.807, 2.05) is 18.2 Å². The zero-order valence-corrected chi connectivity index (χ0v) is 24.1. The first kappa shape index (κ1) is 25.4. The zero-order chi connectivity index (χ0) is 29.2. The van der Waals surface area contributed by atoms with E-state index < -0.39 is 0 Å². The van der Waals surface area contributed by atoms with Crippen LogP contribution in [0.25, 0.3) is 33.7 Å². The number of allylic oxidation sites excluding steroid dienone is 1. The predicted octanol–water partition coefficient (Wildman–Crippen LogP) is 8.99. The molecule has 0 radical (unpaired) electrons. The monoisotopic (exact) mass is 555 g/mol. The molecule has 2 aliphatic carbocycles. The normalized spacial score (nSPS) is 13.9. The molecule has 0 saturated carbocycles. The Labute approximate surface area is 250 Å². The minimum atomic E-state index is -0.184. The summed E-state index contributed by atoms with van der Waals surface area (Å²) in [5.41, 5.74) is 9.21. The number of hydrogen-bond acceptors (Lipinski definition) is 3. The highest BCUT2D eigenvalue weighted by Crippen LogP contribution is 2.43. The molecule has 206 valence electrons. The molecule has 0 spiro atoms. The number of ketones is 2. The van der Waals surface area contributed by atoms with E-state index in [2.05, 4.69) is 104 Å². The Kier molecular flexibility index (Phi) is 5.70. The van der Waals surface area contributed by atoms with E-state index in [-0.39, 0.29) is 17.1 Å². The minimum Gasteiger partial charge on any atom is -0.310 e. The van der Waals surface area contributed by atoms with Gasteiger partial charge in [0.25, 0.3) is 0 Å². The van der Waals surface area contributed by atoms with Crippen molar-refractivity contribution < 1.29 is 9.59 Å². The highest BCUT2D eigenvalue weighted by molar-refractivity contribution is 6.41. The predicted molar refractivity (Wildman–Crippen MR) is 177 cm³/mol. The van der Waals surface area contributed by atoms with Gasteiger partial charge < -0.3 is 4.90 Å². The fourth-order valence-corrected chi connectivity index (χ4v) is 6.84. The van der Waals surface area contributed by atoms with Crippen molar-refractivity contribution in [1.82, 2.24) is 0 Å². The highest BCUT2D eigenvalue weighted by Gasteiger charge is 2.33. The molecule has 0 aromatic heterocycles. The summed E-state index contributed by atoms with van der Waals surface area (Å²) < 4.78 is 0. The number of carbonyl (C=O) groups is 2. The molecule has 8 rings (SSSR count). The summed E-state index contributed by atoms with van der Waals surface area (Å²) in [7, 11) is 0. The molecule has 0 atom stereocenters. The van der Waals surface area contributed by atoms with Crippen LogP contribution in [0.4, 0.5) is 17.1 Å². The SMILES string of the molecule is Cc1ccc(N(c2ccc(C)cc2)c2cc3c4c(c(C=C5C(=O)c6ccccc6C5=O)cc5cccc2c54)CCC=3)cc1. The number of aryl methyl sites for hydroxylation is 3. The summed E-state index contributed by atoms with van der Waals surface area (Å²) in [6.07, 6.45) is 5.93. The van der Waals surface area contributed by atoms with Crippen molar-refractivity contribution in [3.63, 3.8) is 0 Å². The summed E-state index contributed by atoms with van der Waals surface area (Å²) >= 11 is 0. The molecule has 0 amide bonds. The van der Waals surface area contributed by atoms with E-state index in [0.29, 0.717) is 11.1 Å². The molecule has 3 heteroatoms. The fourth-order valence-electron chi connectivity index (χ4n) is 6.84. The van der Waals surface area contributed by atoms with Crippen LogP contribution in [0, 0.1) is 13.8 Å². The molecule has 6 aromatic carbocycles. The van der Waals surface area contributed by atoms with E-state index in [0.717, 1.165) is 40.9 Å². The molecular weight excluding hydrogens is 526 g/mol. The second kappa shape index (κ2) is 9.64. The summed E-state index contributed by atoms with van der Waals surface area (Å²) in [6.45, 7) is 4.23. The number of carbonyl (C=O) groups excluding carboxylic acids is 2. The van der Waals surface area contributed by atoms with Crippen LogP contribution >= 0.6 is 0 Å². The van der Waals surface area contributed by atoms with Gasteiger partial charge in [-0.1, -0.05) is 83.9 Å². The Morgan fingerprint density at radius 2 is 1.30 bits per heavy atom. The lowest BCUT2D eigenvalue weighted by molar-refractivity contribution is 0.0990. The second-order valence-electron chi connectivity index (χ2n) is 11.7. The van der Waals surface area contributed by atoms with Crippen molar-refractivity contribution in [2.24, 2.45) is 0 Å². The summed E-state index contributed by atoms with van der Waals surface area (Å²) in [4.78, 5) is 28.9. The van der Waals surface area contributed by atoms with E-state index in [9.17, 15) is 9.59 Å². The lowest BCUT2D eigenvalue weighted by atomic mass is 9.85. The van der Waals surface area contributed by atoms with Crippen molar-refractivity contribution in [1.29, 1.82) is 0 Å². The van der Waals surface area contributed by atoms with Gasteiger partial charge in [0.05, 0.1) is 11.3 Å². The second-order valence-corrected chi connectivity index (χ2v) is 11.7. The Hall–Kier alpha value is -5.28. The van der Waals surface area contributed by atoms with Crippen molar-refractivity contribution in [3.8, 4) is 0 Å². The lowest BCUT2D eigenvalue weighted by Crippen LogP contribution is -2.17. The third-order valence-electron chi connectivity index (χ3n) is 8.95. The van der Waals surface area contributed by atoms with Crippen molar-refractivity contribution in [2.45, 2.75) is 26.7 Å². The average Bonchev–Trinajstić information content (AvgIpc) is 3.27. The first-order valence-corrected chi connectivity index (χ1v) is 14.8. The molecule has 0 bridgehead atoms. The Morgan fingerprint density at radius 1 is 0.674 bits per heavy atom. The minimum absolute atomic E-state index is 0.184. The van der Waals surface area contributed by atoms with Gasteiger partial charge in [-0.2, -0.15) is 0 Å². The molecule has 0 aliphatic heterocycles. The van der Waals surface area contributed by atoms with Crippen LogP contribution in [0.3, 0.4) is 0 Å². The molecular formula is C40H29NO2. The highest BCUT2D eigenvalue weighted by atomic mass is 16.2. The first-order valence-electron chi connectivity index (χ1n) is 14.8. The Balaban J connectivity index is 1.38. The smallest absolute Gasteiger partial charge is 0.197 e. The third-order valence-corrected chi connectivity index (χ3v) is 8.95. The molecule has 0 N–H and O–H groups in total. The van der Waals surface area contributed by atoms with Gasteiger partial charge in [-0.15, -0.1) is 0 Å². The number of nitrogens with zero attached hydrogens (tertiary/aromatic N) is 1. The first-order chi connectivity index (χ1) is 21.0. The van der Waals surface area contributed by atoms with Crippen molar-refractivity contribution in [2.75, 3.05) is 4.90 Å². The van der Waals surface area contributed by atoms with Crippen LogP contribution in [0.1, 0.15) is 49.4 Å². The van der Waals surface area contributed by atoms with E-state index in [4.69, 9.17) is 0 Å². The summed E-state index contributed by atoms with van der Waals surface area (Å²) in [6, 6.07) is 35.5. The van der Waals surface area contributed by atoms with Gasteiger partial charge in [0, 0.05) is 27.9 Å². The molecule has 6 aromatic rings. The number of hydrogen-bond donors (Lipinski definition) is 0. The molecule has 2 aliphatic rings. The van der Waals surface area contributed by atoms with Crippen molar-refractivity contribution >= 4 is 62.3 Å². The zero-order valence-electron chi connectivity index (χ0n) is 24.1. The largest absolute Gasteiger partial charge is 0.310 e. The average molecular weight is 556 g/mol. The quantitative estimate of drug-likeness (QED) is 0.161. The fraction of sp³-hybridized carbons (Fsp3) is 0.100. The lowest BCUT2D eigenvalue weighted by Gasteiger charge is -2.29. The van der Waals surface area contributed by atoms with Gasteiger partial charge in [-0.3, -0.25) is 9.59 Å². The molecule has 0 saturated heterocycles. The molecule has 43 heavy (non-hydrogen) atoms. The van der Waals surface area contributed by atoms with Crippen molar-refractivity contribution in [3.05, 3.63) is 147 Å². The van der Waals surface area contributed by atoms with Gasteiger partial charge in [0.15, 0.2) is 11.6 Å². The van der Waals surface area contributed by atoms with Gasteiger partial charge >= 0.3 is 0 Å². The Bertz CT molecular complexity index is 2140. The van der Waals surface area contributed by atoms with Gasteiger partial charge in [-0.25, -0.2) is 0 Å². The topological polar surface area (TPSA) is 37.4 Å². The molecule has 0 unspecified atom stereocenters. The van der Waals surface area contributed by atoms with E-state index in [1.165, 1.54) is 38.1 Å². The van der Waals surface area contributed by atoms with Gasteiger partial charge in [0.2, 0.25) is 0 Å². The van der Waals surface area contributed by atoms with Gasteiger partial charge in [0.1, 0.15) is 0 Å². The van der Waals surface area contributed by atoms with Crippen LogP contribution < -0.4 is 10.1 Å². The maximum Gasteiger partial charge on any atom is 0.197 e. The molecule has 0 heterocycles. The van der Waals surface area contributed by atoms with E-state index in [1.54, 1.807) is 12.1 Å². The van der Waals surface area contributed by atoms with Crippen LogP contribution in [0.5, 0.6) is 0 Å². The number of Topliss-reactive ketones (excluding diaryl/α,β-unsaturated/α-hetero) is 2. The van der Waals surface area contributed by atoms with Crippen LogP contribution in [0.15, 0.2) is 109 Å². The van der Waals surface area contributed by atoms with Gasteiger partial charge in [-0.05, 0) is 102 Å². The maximum absolute atomic E-state index is 13.3. The maximum atomic E-state index is 13.3. The number of benzene rings is 6. The Morgan fingerprint density at radius 3 is 1.93 bits per heavy atom. The van der Waals surface area contributed by atoms with Crippen LogP contribution in [0.2, 0.25) is 0 Å². The molecule has 3 nitrogen and oxygen atoms in total. The summed E-state index contributed by atoms with van der Waals surface area (Å²) in [5, 5.41) is 5.91. The number of rotatable bonds is 4. The van der Waals surface area contributed by atoms with Crippen LogP contribution in [-0.2, 0) is 6.42 Å². The summed E-state index contributed by atoms with van der Waals surface area (Å²) in [5.74, 6) is -0.369.